The first kappa shape index (κ1) is 13.9. The third-order valence-corrected chi connectivity index (χ3v) is 2.40. The summed E-state index contributed by atoms with van der Waals surface area (Å²) in [4.78, 5) is 22.0. The number of aliphatic carboxylic acids is 1. The topological polar surface area (TPSA) is 86.6 Å². The summed E-state index contributed by atoms with van der Waals surface area (Å²) < 4.78 is 0. The quantitative estimate of drug-likeness (QED) is 0.666. The van der Waals surface area contributed by atoms with Gasteiger partial charge in [-0.25, -0.2) is 4.79 Å². The van der Waals surface area contributed by atoms with Crippen molar-refractivity contribution < 1.29 is 19.8 Å². The molecule has 5 nitrogen and oxygen atoms in total. The Bertz CT molecular complexity index is 468. The Morgan fingerprint density at radius 1 is 1.39 bits per heavy atom. The van der Waals surface area contributed by atoms with Crippen LogP contribution in [0.15, 0.2) is 30.3 Å². The lowest BCUT2D eigenvalue weighted by atomic mass is 10.1. The Labute approximate surface area is 105 Å². The van der Waals surface area contributed by atoms with E-state index in [-0.39, 0.29) is 0 Å². The number of carboxylic acid groups (broad SMARTS) is 1. The van der Waals surface area contributed by atoms with Crippen molar-refractivity contribution in [2.24, 2.45) is 0 Å². The average Bonchev–Trinajstić information content (AvgIpc) is 2.34. The highest BCUT2D eigenvalue weighted by Gasteiger charge is 2.16. The van der Waals surface area contributed by atoms with Crippen LogP contribution in [-0.2, 0) is 9.59 Å². The molecule has 0 unspecified atom stereocenters. The van der Waals surface area contributed by atoms with Gasteiger partial charge >= 0.3 is 5.97 Å². The molecule has 0 fully saturated rings. The molecule has 18 heavy (non-hydrogen) atoms. The molecule has 0 bridgehead atoms. The van der Waals surface area contributed by atoms with E-state index in [1.165, 1.54) is 6.08 Å². The maximum absolute atomic E-state index is 11.4. The molecule has 0 spiro atoms. The number of aliphatic hydroxyl groups is 1. The largest absolute Gasteiger partial charge is 0.480 e. The van der Waals surface area contributed by atoms with Crippen LogP contribution in [0.3, 0.4) is 0 Å². The summed E-state index contributed by atoms with van der Waals surface area (Å²) in [6.07, 6.45) is 2.84. The monoisotopic (exact) mass is 249 g/mol. The Hall–Kier alpha value is -2.14. The smallest absolute Gasteiger partial charge is 0.328 e. The number of hydrogen-bond acceptors (Lipinski definition) is 3. The van der Waals surface area contributed by atoms with Crippen LogP contribution in [0.1, 0.15) is 11.1 Å². The maximum Gasteiger partial charge on any atom is 0.328 e. The number of rotatable bonds is 5. The molecule has 0 saturated heterocycles. The van der Waals surface area contributed by atoms with Gasteiger partial charge in [0, 0.05) is 6.08 Å². The van der Waals surface area contributed by atoms with E-state index >= 15 is 0 Å². The van der Waals surface area contributed by atoms with Gasteiger partial charge in [-0.2, -0.15) is 0 Å². The van der Waals surface area contributed by atoms with Gasteiger partial charge in [0.05, 0.1) is 6.61 Å². The van der Waals surface area contributed by atoms with Crippen LogP contribution in [0.2, 0.25) is 0 Å². The first-order valence-corrected chi connectivity index (χ1v) is 5.42. The van der Waals surface area contributed by atoms with Gasteiger partial charge < -0.3 is 15.5 Å². The number of carbonyl (C=O) groups excluding carboxylic acids is 1. The molecule has 0 heterocycles. The van der Waals surface area contributed by atoms with Crippen LogP contribution in [0.25, 0.3) is 6.08 Å². The number of hydrogen-bond donors (Lipinski definition) is 3. The normalized spacial score (nSPS) is 12.3. The molecular formula is C13H15NO4. The summed E-state index contributed by atoms with van der Waals surface area (Å²) in [5.41, 5.74) is 1.89. The number of aliphatic hydroxyl groups excluding tert-OH is 1. The van der Waals surface area contributed by atoms with Gasteiger partial charge in [0.1, 0.15) is 0 Å². The molecule has 1 amide bonds. The second-order valence-electron chi connectivity index (χ2n) is 3.77. The zero-order chi connectivity index (χ0) is 13.5. The van der Waals surface area contributed by atoms with Gasteiger partial charge in [0.2, 0.25) is 5.91 Å². The fraction of sp³-hybridized carbons (Fsp3) is 0.231. The van der Waals surface area contributed by atoms with Crippen molar-refractivity contribution in [3.63, 3.8) is 0 Å². The first-order chi connectivity index (χ1) is 8.54. The van der Waals surface area contributed by atoms with Crippen molar-refractivity contribution in [3.8, 4) is 0 Å². The lowest BCUT2D eigenvalue weighted by Crippen LogP contribution is -2.42. The predicted molar refractivity (Wildman–Crippen MR) is 66.9 cm³/mol. The Balaban J connectivity index is 2.65. The number of aryl methyl sites for hydroxylation is 1. The van der Waals surface area contributed by atoms with Crippen molar-refractivity contribution in [1.82, 2.24) is 5.32 Å². The minimum absolute atomic E-state index is 0.556. The van der Waals surface area contributed by atoms with E-state index in [9.17, 15) is 9.59 Å². The minimum Gasteiger partial charge on any atom is -0.480 e. The van der Waals surface area contributed by atoms with E-state index in [1.54, 1.807) is 6.08 Å². The summed E-state index contributed by atoms with van der Waals surface area (Å²) in [6.45, 7) is 1.27. The average molecular weight is 249 g/mol. The van der Waals surface area contributed by atoms with Crippen LogP contribution in [0.5, 0.6) is 0 Å². The molecule has 1 atom stereocenters. The lowest BCUT2D eigenvalue weighted by Gasteiger charge is -2.09. The fourth-order valence-electron chi connectivity index (χ4n) is 1.34. The third kappa shape index (κ3) is 4.03. The predicted octanol–water partition coefficient (Wildman–Crippen LogP) is 0.570. The molecule has 0 aliphatic carbocycles. The van der Waals surface area contributed by atoms with E-state index in [0.717, 1.165) is 11.1 Å². The molecule has 1 rings (SSSR count). The molecule has 0 saturated carbocycles. The van der Waals surface area contributed by atoms with Gasteiger partial charge in [-0.05, 0) is 24.1 Å². The van der Waals surface area contributed by atoms with Crippen LogP contribution in [-0.4, -0.2) is 34.7 Å². The SMILES string of the molecule is Cc1ccccc1/C=C/C(=O)N[C@@H](CO)C(=O)O. The second kappa shape index (κ2) is 6.56. The van der Waals surface area contributed by atoms with Gasteiger partial charge in [0.25, 0.3) is 0 Å². The van der Waals surface area contributed by atoms with Crippen molar-refractivity contribution in [2.75, 3.05) is 6.61 Å². The highest BCUT2D eigenvalue weighted by atomic mass is 16.4. The van der Waals surface area contributed by atoms with Crippen LogP contribution in [0.4, 0.5) is 0 Å². The number of benzene rings is 1. The first-order valence-electron chi connectivity index (χ1n) is 5.42. The lowest BCUT2D eigenvalue weighted by molar-refractivity contribution is -0.142. The Morgan fingerprint density at radius 3 is 2.61 bits per heavy atom. The number of carboxylic acids is 1. The number of amides is 1. The maximum atomic E-state index is 11.4. The zero-order valence-electron chi connectivity index (χ0n) is 9.96. The molecular weight excluding hydrogens is 234 g/mol. The minimum atomic E-state index is -1.28. The van der Waals surface area contributed by atoms with Crippen molar-refractivity contribution in [2.45, 2.75) is 13.0 Å². The molecule has 0 aromatic heterocycles. The van der Waals surface area contributed by atoms with E-state index < -0.39 is 24.5 Å². The summed E-state index contributed by atoms with van der Waals surface area (Å²) in [7, 11) is 0. The van der Waals surface area contributed by atoms with E-state index in [0.29, 0.717) is 0 Å². The molecule has 1 aromatic rings. The standard InChI is InChI=1S/C13H15NO4/c1-9-4-2-3-5-10(9)6-7-12(16)14-11(8-15)13(17)18/h2-7,11,15H,8H2,1H3,(H,14,16)(H,17,18)/b7-6+/t11-/m0/s1. The Morgan fingerprint density at radius 2 is 2.06 bits per heavy atom. The van der Waals surface area contributed by atoms with Crippen LogP contribution < -0.4 is 5.32 Å². The summed E-state index contributed by atoms with van der Waals surface area (Å²) >= 11 is 0. The number of carbonyl (C=O) groups is 2. The highest BCUT2D eigenvalue weighted by Crippen LogP contribution is 2.08. The van der Waals surface area contributed by atoms with Crippen molar-refractivity contribution in [1.29, 1.82) is 0 Å². The molecule has 1 aromatic carbocycles. The van der Waals surface area contributed by atoms with Gasteiger partial charge in [0.15, 0.2) is 6.04 Å². The third-order valence-electron chi connectivity index (χ3n) is 2.40. The van der Waals surface area contributed by atoms with Crippen molar-refractivity contribution in [3.05, 3.63) is 41.5 Å². The fourth-order valence-corrected chi connectivity index (χ4v) is 1.34. The van der Waals surface area contributed by atoms with E-state index in [1.807, 2.05) is 31.2 Å². The van der Waals surface area contributed by atoms with E-state index in [4.69, 9.17) is 10.2 Å². The second-order valence-corrected chi connectivity index (χ2v) is 3.77. The van der Waals surface area contributed by atoms with Gasteiger partial charge in [-0.3, -0.25) is 4.79 Å². The van der Waals surface area contributed by atoms with Crippen LogP contribution >= 0.6 is 0 Å². The molecule has 0 aliphatic rings. The zero-order valence-corrected chi connectivity index (χ0v) is 9.96. The summed E-state index contributed by atoms with van der Waals surface area (Å²) in [5, 5.41) is 19.6. The van der Waals surface area contributed by atoms with Gasteiger partial charge in [-0.1, -0.05) is 24.3 Å². The summed E-state index contributed by atoms with van der Waals surface area (Å²) in [5.74, 6) is -1.82. The molecule has 0 radical (unpaired) electrons. The van der Waals surface area contributed by atoms with E-state index in [2.05, 4.69) is 5.32 Å². The molecule has 96 valence electrons. The molecule has 0 aliphatic heterocycles. The summed E-state index contributed by atoms with van der Waals surface area (Å²) in [6, 6.07) is 6.21. The van der Waals surface area contributed by atoms with Gasteiger partial charge in [-0.15, -0.1) is 0 Å². The number of nitrogens with one attached hydrogen (secondary N) is 1. The molecule has 3 N–H and O–H groups in total. The van der Waals surface area contributed by atoms with Crippen molar-refractivity contribution >= 4 is 18.0 Å². The Kier molecular flexibility index (Phi) is 5.07. The molecule has 5 heteroatoms. The highest BCUT2D eigenvalue weighted by molar-refractivity contribution is 5.94. The van der Waals surface area contributed by atoms with Crippen LogP contribution in [0, 0.1) is 6.92 Å².